The van der Waals surface area contributed by atoms with E-state index in [1.54, 1.807) is 0 Å². The van der Waals surface area contributed by atoms with Crippen LogP contribution in [0.25, 0.3) is 0 Å². The van der Waals surface area contributed by atoms with Crippen molar-refractivity contribution in [3.63, 3.8) is 0 Å². The van der Waals surface area contributed by atoms with E-state index in [0.717, 1.165) is 38.5 Å². The maximum absolute atomic E-state index is 11.7. The van der Waals surface area contributed by atoms with Crippen molar-refractivity contribution in [3.8, 4) is 0 Å². The van der Waals surface area contributed by atoms with E-state index in [1.165, 1.54) is 5.57 Å². The molecule has 0 bridgehead atoms. The molecule has 3 saturated heterocycles. The van der Waals surface area contributed by atoms with Crippen molar-refractivity contribution in [2.24, 2.45) is 46.3 Å². The van der Waals surface area contributed by atoms with E-state index >= 15 is 0 Å². The molecule has 14 heteroatoms. The topological polar surface area (TPSA) is 228 Å². The van der Waals surface area contributed by atoms with Crippen molar-refractivity contribution in [2.45, 2.75) is 165 Å². The minimum absolute atomic E-state index is 0.0161. The van der Waals surface area contributed by atoms with E-state index in [1.807, 2.05) is 6.92 Å². The van der Waals surface area contributed by atoms with Gasteiger partial charge in [-0.05, 0) is 91.8 Å². The fourth-order valence-corrected chi connectivity index (χ4v) is 11.9. The molecule has 21 atom stereocenters. The first kappa shape index (κ1) is 39.4. The molecule has 3 aliphatic heterocycles. The molecule has 52 heavy (non-hydrogen) atoms. The largest absolute Gasteiger partial charge is 0.396 e. The number of aliphatic hydroxyl groups excluding tert-OH is 8. The van der Waals surface area contributed by atoms with Gasteiger partial charge in [-0.1, -0.05) is 39.3 Å². The van der Waals surface area contributed by atoms with Crippen LogP contribution in [0.3, 0.4) is 0 Å². The summed E-state index contributed by atoms with van der Waals surface area (Å²) in [5.41, 5.74) is 1.36. The molecule has 0 aromatic heterocycles. The van der Waals surface area contributed by atoms with Crippen LogP contribution in [-0.2, 0) is 23.7 Å². The maximum atomic E-state index is 11.7. The van der Waals surface area contributed by atoms with Gasteiger partial charge in [-0.3, -0.25) is 0 Å². The van der Waals surface area contributed by atoms with Crippen LogP contribution in [0, 0.1) is 46.3 Å². The molecule has 0 spiro atoms. The van der Waals surface area contributed by atoms with Gasteiger partial charge in [0.05, 0.1) is 18.8 Å². The van der Waals surface area contributed by atoms with Gasteiger partial charge in [-0.2, -0.15) is 0 Å². The van der Waals surface area contributed by atoms with Crippen LogP contribution in [0.1, 0.15) is 85.5 Å². The molecule has 7 rings (SSSR count). The number of rotatable bonds is 9. The third-order valence-electron chi connectivity index (χ3n) is 15.0. The summed E-state index contributed by atoms with van der Waals surface area (Å²) in [6.45, 7) is 8.47. The van der Waals surface area contributed by atoms with E-state index < -0.39 is 74.0 Å². The van der Waals surface area contributed by atoms with Gasteiger partial charge < -0.3 is 69.6 Å². The Balaban J connectivity index is 1.04. The average molecular weight is 743 g/mol. The first-order valence-electron chi connectivity index (χ1n) is 19.6. The van der Waals surface area contributed by atoms with E-state index in [2.05, 4.69) is 26.8 Å². The molecular weight excluding hydrogens is 680 g/mol. The molecule has 7 unspecified atom stereocenters. The Morgan fingerprint density at radius 1 is 0.885 bits per heavy atom. The number of allylic oxidation sites excluding steroid dienone is 1. The zero-order chi connectivity index (χ0) is 37.5. The predicted molar refractivity (Wildman–Crippen MR) is 181 cm³/mol. The lowest BCUT2D eigenvalue weighted by atomic mass is 9.47. The minimum atomic E-state index is -1.87. The molecule has 0 aromatic rings. The second-order valence-electron chi connectivity index (χ2n) is 17.9. The minimum Gasteiger partial charge on any atom is -0.396 e. The van der Waals surface area contributed by atoms with Crippen LogP contribution >= 0.6 is 0 Å². The zero-order valence-electron chi connectivity index (χ0n) is 30.8. The summed E-state index contributed by atoms with van der Waals surface area (Å²) in [6.07, 6.45) is -6.44. The van der Waals surface area contributed by atoms with Crippen LogP contribution in [-0.4, -0.2) is 139 Å². The fraction of sp³-hybridized carbons (Fsp3) is 0.947. The third kappa shape index (κ3) is 6.44. The lowest BCUT2D eigenvalue weighted by Gasteiger charge is -2.58. The number of ether oxygens (including phenoxy) is 5. The summed E-state index contributed by atoms with van der Waals surface area (Å²) in [6, 6.07) is 0. The molecular formula is C38H62O14. The van der Waals surface area contributed by atoms with Gasteiger partial charge >= 0.3 is 0 Å². The number of fused-ring (bicyclic) bond motifs is 7. The van der Waals surface area contributed by atoms with Crippen LogP contribution in [0.2, 0.25) is 0 Å². The summed E-state index contributed by atoms with van der Waals surface area (Å²) >= 11 is 0. The number of hydrogen-bond donors (Lipinski definition) is 9. The van der Waals surface area contributed by atoms with Crippen molar-refractivity contribution in [1.29, 1.82) is 0 Å². The van der Waals surface area contributed by atoms with Crippen molar-refractivity contribution in [1.82, 2.24) is 0 Å². The fourth-order valence-electron chi connectivity index (χ4n) is 11.9. The Kier molecular flexibility index (Phi) is 11.1. The SMILES string of the molecule is C[C@@H](CO)CCC1(O)OC2C[C@H]3[C@@H]4CC=C5CC(O[C@@H]6OC(CO)[C@@H](O)[C@H](O)C6O[C@@H]6OC(O)[C@H](O)[C@H](O)C6O)CC[C@]5(C)[C@H]4CC[C@]3(C)[C@H]2[C@@H]1C. The quantitative estimate of drug-likeness (QED) is 0.145. The Bertz CT molecular complexity index is 1300. The van der Waals surface area contributed by atoms with Gasteiger partial charge in [0, 0.05) is 18.9 Å². The predicted octanol–water partition coefficient (Wildman–Crippen LogP) is 0.274. The monoisotopic (exact) mass is 742 g/mol. The Morgan fingerprint density at radius 3 is 2.35 bits per heavy atom. The van der Waals surface area contributed by atoms with Gasteiger partial charge in [0.1, 0.15) is 42.7 Å². The Morgan fingerprint density at radius 2 is 1.63 bits per heavy atom. The highest BCUT2D eigenvalue weighted by Crippen LogP contribution is 2.70. The summed E-state index contributed by atoms with van der Waals surface area (Å²) in [5.74, 6) is 0.745. The molecule has 3 heterocycles. The number of hydrogen-bond acceptors (Lipinski definition) is 14. The Labute approximate surface area is 305 Å². The molecule has 3 saturated carbocycles. The molecule has 0 amide bonds. The smallest absolute Gasteiger partial charge is 0.189 e. The van der Waals surface area contributed by atoms with E-state index in [0.29, 0.717) is 37.0 Å². The molecule has 6 fully saturated rings. The first-order chi connectivity index (χ1) is 24.6. The van der Waals surface area contributed by atoms with Crippen LogP contribution < -0.4 is 0 Å². The summed E-state index contributed by atoms with van der Waals surface area (Å²) in [5, 5.41) is 93.4. The lowest BCUT2D eigenvalue weighted by Crippen LogP contribution is -2.64. The second-order valence-corrected chi connectivity index (χ2v) is 17.9. The molecule has 0 aromatic carbocycles. The van der Waals surface area contributed by atoms with Crippen molar-refractivity contribution in [3.05, 3.63) is 11.6 Å². The van der Waals surface area contributed by atoms with Crippen molar-refractivity contribution < 1.29 is 69.6 Å². The van der Waals surface area contributed by atoms with Gasteiger partial charge in [-0.15, -0.1) is 0 Å². The highest BCUT2D eigenvalue weighted by Gasteiger charge is 2.68. The first-order valence-corrected chi connectivity index (χ1v) is 19.6. The highest BCUT2D eigenvalue weighted by molar-refractivity contribution is 5.26. The van der Waals surface area contributed by atoms with Crippen LogP contribution in [0.15, 0.2) is 11.6 Å². The summed E-state index contributed by atoms with van der Waals surface area (Å²) in [4.78, 5) is 0. The third-order valence-corrected chi connectivity index (χ3v) is 15.0. The van der Waals surface area contributed by atoms with Gasteiger partial charge in [0.15, 0.2) is 24.7 Å². The maximum Gasteiger partial charge on any atom is 0.189 e. The Hall–Kier alpha value is -0.820. The second kappa shape index (κ2) is 14.6. The molecule has 4 aliphatic carbocycles. The normalized spacial score (nSPS) is 55.2. The summed E-state index contributed by atoms with van der Waals surface area (Å²) in [7, 11) is 0. The summed E-state index contributed by atoms with van der Waals surface area (Å²) < 4.78 is 29.9. The van der Waals surface area contributed by atoms with Gasteiger partial charge in [0.25, 0.3) is 0 Å². The molecule has 0 radical (unpaired) electrons. The number of aliphatic hydroxyl groups is 9. The molecule has 9 N–H and O–H groups in total. The standard InChI is InChI=1S/C38H62O14/c1-17(15-39)7-12-38(47)18(2)26-24(52-38)14-23-21-6-5-19-13-20(8-10-36(19,3)22(21)9-11-37(23,26)4)48-35-32(29(43)27(41)25(16-40)49-35)50-34-31(45)28(42)30(44)33(46)51-34/h5,17-18,20-35,39-47H,6-16H2,1-4H3/t17-,18+,20?,21-,22+,23+,24?,25?,26+,27-,28+,29+,30-,31?,32?,33?,34-,35-,36+,37+,38?/m1/s1. The average Bonchev–Trinajstić information content (AvgIpc) is 3.56. The van der Waals surface area contributed by atoms with E-state index in [9.17, 15) is 46.0 Å². The highest BCUT2D eigenvalue weighted by atomic mass is 16.8. The van der Waals surface area contributed by atoms with Gasteiger partial charge in [0.2, 0.25) is 0 Å². The lowest BCUT2D eigenvalue weighted by molar-refractivity contribution is -0.388. The zero-order valence-corrected chi connectivity index (χ0v) is 30.8. The van der Waals surface area contributed by atoms with Gasteiger partial charge in [-0.25, -0.2) is 0 Å². The van der Waals surface area contributed by atoms with E-state index in [-0.39, 0.29) is 47.4 Å². The van der Waals surface area contributed by atoms with E-state index in [4.69, 9.17) is 23.7 Å². The molecule has 7 aliphatic rings. The van der Waals surface area contributed by atoms with Crippen LogP contribution in [0.5, 0.6) is 0 Å². The molecule has 14 nitrogen and oxygen atoms in total. The van der Waals surface area contributed by atoms with Crippen molar-refractivity contribution >= 4 is 0 Å². The van der Waals surface area contributed by atoms with Crippen LogP contribution in [0.4, 0.5) is 0 Å². The van der Waals surface area contributed by atoms with Crippen molar-refractivity contribution in [2.75, 3.05) is 13.2 Å². The molecule has 298 valence electrons.